The Morgan fingerprint density at radius 3 is 2.55 bits per heavy atom. The van der Waals surface area contributed by atoms with Gasteiger partial charge in [0.2, 0.25) is 5.95 Å². The van der Waals surface area contributed by atoms with E-state index in [-0.39, 0.29) is 12.0 Å². The quantitative estimate of drug-likeness (QED) is 0.831. The summed E-state index contributed by atoms with van der Waals surface area (Å²) in [6, 6.07) is 9.56. The Balaban J connectivity index is 1.84. The number of nitrogens with one attached hydrogen (secondary N) is 1. The van der Waals surface area contributed by atoms with Gasteiger partial charge in [0, 0.05) is 18.9 Å². The molecule has 0 aliphatic carbocycles. The van der Waals surface area contributed by atoms with Crippen LogP contribution in [0.15, 0.2) is 47.2 Å². The van der Waals surface area contributed by atoms with Gasteiger partial charge in [0.25, 0.3) is 0 Å². The molecule has 0 aliphatic heterocycles. The molecule has 1 heterocycles. The Kier molecular flexibility index (Phi) is 5.37. The maximum atomic E-state index is 11.9. The SMILES string of the molecule is O=C(Nc1ncc(Br)cn1)N(S)CCc1ccccc1. The molecule has 2 amide bonds. The van der Waals surface area contributed by atoms with Gasteiger partial charge in [0.05, 0.1) is 4.47 Å². The number of urea groups is 1. The lowest BCUT2D eigenvalue weighted by atomic mass is 10.1. The van der Waals surface area contributed by atoms with Gasteiger partial charge in [-0.2, -0.15) is 0 Å². The number of anilines is 1. The fraction of sp³-hybridized carbons (Fsp3) is 0.154. The molecule has 20 heavy (non-hydrogen) atoms. The van der Waals surface area contributed by atoms with E-state index in [1.54, 1.807) is 12.4 Å². The van der Waals surface area contributed by atoms with E-state index in [4.69, 9.17) is 0 Å². The minimum Gasteiger partial charge on any atom is -0.275 e. The van der Waals surface area contributed by atoms with Crippen LogP contribution in [0.4, 0.5) is 10.7 Å². The third kappa shape index (κ3) is 4.50. The van der Waals surface area contributed by atoms with E-state index < -0.39 is 0 Å². The number of aromatic nitrogens is 2. The first-order chi connectivity index (χ1) is 9.65. The van der Waals surface area contributed by atoms with Crippen molar-refractivity contribution in [3.8, 4) is 0 Å². The van der Waals surface area contributed by atoms with Gasteiger partial charge in [-0.3, -0.25) is 9.62 Å². The van der Waals surface area contributed by atoms with E-state index in [2.05, 4.69) is 44.0 Å². The van der Waals surface area contributed by atoms with E-state index in [9.17, 15) is 4.79 Å². The molecular formula is C13H13BrN4OS. The fourth-order valence-corrected chi connectivity index (χ4v) is 1.87. The van der Waals surface area contributed by atoms with Crippen LogP contribution in [0.1, 0.15) is 5.56 Å². The lowest BCUT2D eigenvalue weighted by Crippen LogP contribution is -2.29. The van der Waals surface area contributed by atoms with Crippen LogP contribution in [0.2, 0.25) is 0 Å². The number of amides is 2. The second kappa shape index (κ2) is 7.25. The first kappa shape index (κ1) is 14.8. The van der Waals surface area contributed by atoms with Gasteiger partial charge in [0.1, 0.15) is 0 Å². The minimum absolute atomic E-state index is 0.247. The summed E-state index contributed by atoms with van der Waals surface area (Å²) in [5.74, 6) is 0.247. The van der Waals surface area contributed by atoms with Gasteiger partial charge in [-0.1, -0.05) is 43.1 Å². The first-order valence-corrected chi connectivity index (χ1v) is 7.13. The van der Waals surface area contributed by atoms with Gasteiger partial charge >= 0.3 is 6.03 Å². The maximum Gasteiger partial charge on any atom is 0.334 e. The van der Waals surface area contributed by atoms with Gasteiger partial charge in [-0.25, -0.2) is 14.8 Å². The summed E-state index contributed by atoms with van der Waals surface area (Å²) >= 11 is 7.39. The standard InChI is InChI=1S/C13H13BrN4OS/c14-11-8-15-12(16-9-11)17-13(19)18(20)7-6-10-4-2-1-3-5-10/h1-5,8-9,20H,6-7H2,(H,15,16,17,19). The molecular weight excluding hydrogens is 340 g/mol. The van der Waals surface area contributed by atoms with Crippen molar-refractivity contribution in [2.45, 2.75) is 6.42 Å². The number of benzene rings is 1. The van der Waals surface area contributed by atoms with Crippen molar-refractivity contribution in [3.05, 3.63) is 52.8 Å². The molecule has 0 saturated heterocycles. The zero-order valence-corrected chi connectivity index (χ0v) is 13.0. The van der Waals surface area contributed by atoms with Crippen molar-refractivity contribution in [3.63, 3.8) is 0 Å². The van der Waals surface area contributed by atoms with E-state index >= 15 is 0 Å². The summed E-state index contributed by atoms with van der Waals surface area (Å²) in [7, 11) is 0. The Hall–Kier alpha value is -1.60. The molecule has 0 radical (unpaired) electrons. The van der Waals surface area contributed by atoms with Crippen molar-refractivity contribution in [2.75, 3.05) is 11.9 Å². The average Bonchev–Trinajstić information content (AvgIpc) is 2.48. The molecule has 0 spiro atoms. The number of hydrogen-bond acceptors (Lipinski definition) is 4. The molecule has 2 rings (SSSR count). The van der Waals surface area contributed by atoms with Crippen LogP contribution in [-0.2, 0) is 6.42 Å². The van der Waals surface area contributed by atoms with Crippen LogP contribution in [0.3, 0.4) is 0 Å². The van der Waals surface area contributed by atoms with Crippen molar-refractivity contribution in [1.29, 1.82) is 0 Å². The molecule has 2 aromatic rings. The van der Waals surface area contributed by atoms with Crippen LogP contribution >= 0.6 is 28.7 Å². The Labute approximate surface area is 131 Å². The predicted molar refractivity (Wildman–Crippen MR) is 84.6 cm³/mol. The average molecular weight is 353 g/mol. The molecule has 1 aromatic carbocycles. The highest BCUT2D eigenvalue weighted by Crippen LogP contribution is 2.08. The van der Waals surface area contributed by atoms with Crippen LogP contribution in [0.25, 0.3) is 0 Å². The molecule has 1 aromatic heterocycles. The largest absolute Gasteiger partial charge is 0.334 e. The van der Waals surface area contributed by atoms with E-state index in [1.165, 1.54) is 4.31 Å². The van der Waals surface area contributed by atoms with Crippen molar-refractivity contribution < 1.29 is 4.79 Å². The predicted octanol–water partition coefficient (Wildman–Crippen LogP) is 3.16. The third-order valence-electron chi connectivity index (χ3n) is 2.53. The molecule has 0 unspecified atom stereocenters. The molecule has 1 N–H and O–H groups in total. The highest BCUT2D eigenvalue weighted by molar-refractivity contribution is 9.10. The number of thiol groups is 1. The van der Waals surface area contributed by atoms with Gasteiger partial charge in [-0.15, -0.1) is 0 Å². The summed E-state index contributed by atoms with van der Waals surface area (Å²) < 4.78 is 2.06. The van der Waals surface area contributed by atoms with Gasteiger partial charge < -0.3 is 0 Å². The Morgan fingerprint density at radius 2 is 1.90 bits per heavy atom. The molecule has 104 valence electrons. The summed E-state index contributed by atoms with van der Waals surface area (Å²) in [5.41, 5.74) is 1.15. The zero-order valence-electron chi connectivity index (χ0n) is 10.5. The number of hydrogen-bond donors (Lipinski definition) is 2. The number of carbonyl (C=O) groups is 1. The smallest absolute Gasteiger partial charge is 0.275 e. The Bertz CT molecular complexity index is 564. The third-order valence-corrected chi connectivity index (χ3v) is 3.32. The second-order valence-electron chi connectivity index (χ2n) is 4.01. The van der Waals surface area contributed by atoms with E-state index in [1.807, 2.05) is 30.3 Å². The van der Waals surface area contributed by atoms with Crippen LogP contribution in [-0.4, -0.2) is 26.8 Å². The van der Waals surface area contributed by atoms with Crippen molar-refractivity contribution >= 4 is 40.7 Å². The number of rotatable bonds is 4. The number of nitrogens with zero attached hydrogens (tertiary/aromatic N) is 3. The summed E-state index contributed by atoms with van der Waals surface area (Å²) in [5, 5.41) is 2.57. The molecule has 7 heteroatoms. The summed E-state index contributed by atoms with van der Waals surface area (Å²) in [6.45, 7) is 0.496. The van der Waals surface area contributed by atoms with Crippen LogP contribution in [0.5, 0.6) is 0 Å². The summed E-state index contributed by atoms with van der Waals surface area (Å²) in [4.78, 5) is 19.8. The van der Waals surface area contributed by atoms with Crippen molar-refractivity contribution in [2.24, 2.45) is 0 Å². The van der Waals surface area contributed by atoms with Crippen LogP contribution < -0.4 is 5.32 Å². The topological polar surface area (TPSA) is 58.1 Å². The van der Waals surface area contributed by atoms with E-state index in [0.717, 1.165) is 16.5 Å². The van der Waals surface area contributed by atoms with Crippen molar-refractivity contribution in [1.82, 2.24) is 14.3 Å². The number of halogens is 1. The van der Waals surface area contributed by atoms with E-state index in [0.29, 0.717) is 6.54 Å². The van der Waals surface area contributed by atoms with Crippen LogP contribution in [0, 0.1) is 0 Å². The Morgan fingerprint density at radius 1 is 1.25 bits per heavy atom. The monoisotopic (exact) mass is 352 g/mol. The molecule has 0 bridgehead atoms. The maximum absolute atomic E-state index is 11.9. The van der Waals surface area contributed by atoms with Gasteiger partial charge in [-0.05, 0) is 27.9 Å². The molecule has 5 nitrogen and oxygen atoms in total. The zero-order chi connectivity index (χ0) is 14.4. The molecule has 0 fully saturated rings. The van der Waals surface area contributed by atoms with Gasteiger partial charge in [0.15, 0.2) is 0 Å². The lowest BCUT2D eigenvalue weighted by Gasteiger charge is -2.15. The highest BCUT2D eigenvalue weighted by atomic mass is 79.9. The number of carbonyl (C=O) groups excluding carboxylic acids is 1. The summed E-state index contributed by atoms with van der Waals surface area (Å²) in [6.07, 6.45) is 3.86. The fourth-order valence-electron chi connectivity index (χ4n) is 1.52. The minimum atomic E-state index is -0.355. The highest BCUT2D eigenvalue weighted by Gasteiger charge is 2.11. The molecule has 0 saturated carbocycles. The normalized spacial score (nSPS) is 10.1. The molecule has 0 atom stereocenters. The second-order valence-corrected chi connectivity index (χ2v) is 5.41. The first-order valence-electron chi connectivity index (χ1n) is 5.94. The lowest BCUT2D eigenvalue weighted by molar-refractivity contribution is 0.239. The molecule has 0 aliphatic rings.